The van der Waals surface area contributed by atoms with E-state index in [2.05, 4.69) is 5.32 Å². The molecule has 1 saturated heterocycles. The molecule has 0 radical (unpaired) electrons. The van der Waals surface area contributed by atoms with E-state index in [-0.39, 0.29) is 16.1 Å². The van der Waals surface area contributed by atoms with Crippen LogP contribution in [0.5, 0.6) is 0 Å². The summed E-state index contributed by atoms with van der Waals surface area (Å²) in [6.07, 6.45) is 2.54. The Bertz CT molecular complexity index is 956. The minimum Gasteiger partial charge on any atom is -0.322 e. The van der Waals surface area contributed by atoms with Crippen molar-refractivity contribution in [1.29, 1.82) is 0 Å². The van der Waals surface area contributed by atoms with Crippen molar-refractivity contribution in [3.8, 4) is 0 Å². The van der Waals surface area contributed by atoms with Crippen molar-refractivity contribution in [3.63, 3.8) is 0 Å². The van der Waals surface area contributed by atoms with E-state index >= 15 is 0 Å². The Kier molecular flexibility index (Phi) is 6.05. The Labute approximate surface area is 167 Å². The molecule has 2 aromatic carbocycles. The second-order valence-electron chi connectivity index (χ2n) is 6.22. The molecule has 0 aromatic heterocycles. The van der Waals surface area contributed by atoms with E-state index in [9.17, 15) is 17.6 Å². The lowest BCUT2D eigenvalue weighted by molar-refractivity contribution is 0.102. The fraction of sp³-hybridized carbons (Fsp3) is 0.278. The molecule has 5 nitrogen and oxygen atoms in total. The number of sulfonamides is 1. The van der Waals surface area contributed by atoms with Crippen LogP contribution in [0.2, 0.25) is 10.0 Å². The molecular formula is C18H17Cl2FN2O3S. The molecule has 0 spiro atoms. The summed E-state index contributed by atoms with van der Waals surface area (Å²) in [4.78, 5) is 12.4. The van der Waals surface area contributed by atoms with Gasteiger partial charge >= 0.3 is 0 Å². The number of carbonyl (C=O) groups excluding carboxylic acids is 1. The van der Waals surface area contributed by atoms with Crippen LogP contribution in [0.25, 0.3) is 0 Å². The highest BCUT2D eigenvalue weighted by Gasteiger charge is 2.27. The van der Waals surface area contributed by atoms with Gasteiger partial charge in [0.15, 0.2) is 0 Å². The summed E-state index contributed by atoms with van der Waals surface area (Å²) in [6, 6.07) is 7.62. The van der Waals surface area contributed by atoms with Gasteiger partial charge in [-0.2, -0.15) is 4.31 Å². The molecule has 0 unspecified atom stereocenters. The maximum Gasteiger partial charge on any atom is 0.258 e. The SMILES string of the molecule is O=C(Nc1cc(Cl)cc(Cl)c1)c1cc(S(=O)(=O)N2CCCCC2)ccc1F. The Morgan fingerprint density at radius 1 is 1.00 bits per heavy atom. The number of anilines is 1. The number of rotatable bonds is 4. The van der Waals surface area contributed by atoms with Crippen molar-refractivity contribution in [2.45, 2.75) is 24.2 Å². The number of halogens is 3. The van der Waals surface area contributed by atoms with Crippen LogP contribution >= 0.6 is 23.2 Å². The van der Waals surface area contributed by atoms with Gasteiger partial charge in [-0.15, -0.1) is 0 Å². The summed E-state index contributed by atoms with van der Waals surface area (Å²) in [6.45, 7) is 0.838. The summed E-state index contributed by atoms with van der Waals surface area (Å²) in [5.41, 5.74) is -0.0922. The van der Waals surface area contributed by atoms with Crippen LogP contribution in [-0.2, 0) is 10.0 Å². The first-order valence-corrected chi connectivity index (χ1v) is 10.5. The molecule has 0 aliphatic carbocycles. The van der Waals surface area contributed by atoms with Gasteiger partial charge in [0.2, 0.25) is 10.0 Å². The van der Waals surface area contributed by atoms with Crippen molar-refractivity contribution < 1.29 is 17.6 Å². The van der Waals surface area contributed by atoms with E-state index in [0.717, 1.165) is 31.4 Å². The van der Waals surface area contributed by atoms with Gasteiger partial charge in [-0.1, -0.05) is 29.6 Å². The van der Waals surface area contributed by atoms with E-state index in [1.165, 1.54) is 28.6 Å². The molecule has 0 atom stereocenters. The van der Waals surface area contributed by atoms with Gasteiger partial charge in [0.1, 0.15) is 5.82 Å². The van der Waals surface area contributed by atoms with Crippen molar-refractivity contribution in [2.24, 2.45) is 0 Å². The monoisotopic (exact) mass is 430 g/mol. The summed E-state index contributed by atoms with van der Waals surface area (Å²) in [5.74, 6) is -1.61. The van der Waals surface area contributed by atoms with Crippen LogP contribution in [0.4, 0.5) is 10.1 Å². The van der Waals surface area contributed by atoms with Gasteiger partial charge in [-0.3, -0.25) is 4.79 Å². The zero-order valence-corrected chi connectivity index (χ0v) is 16.5. The second-order valence-corrected chi connectivity index (χ2v) is 9.03. The van der Waals surface area contributed by atoms with Gasteiger partial charge in [0.05, 0.1) is 10.5 Å². The highest BCUT2D eigenvalue weighted by atomic mass is 35.5. The molecule has 3 rings (SSSR count). The molecule has 0 saturated carbocycles. The first-order valence-electron chi connectivity index (χ1n) is 8.34. The molecule has 9 heteroatoms. The third kappa shape index (κ3) is 4.60. The normalized spacial score (nSPS) is 15.5. The predicted molar refractivity (Wildman–Crippen MR) is 103 cm³/mol. The minimum atomic E-state index is -3.78. The van der Waals surface area contributed by atoms with Gasteiger partial charge in [-0.25, -0.2) is 12.8 Å². The summed E-state index contributed by atoms with van der Waals surface area (Å²) >= 11 is 11.8. The van der Waals surface area contributed by atoms with Crippen LogP contribution in [-0.4, -0.2) is 31.7 Å². The molecule has 1 aliphatic rings. The first-order chi connectivity index (χ1) is 12.8. The molecule has 1 aliphatic heterocycles. The highest BCUT2D eigenvalue weighted by Crippen LogP contribution is 2.25. The van der Waals surface area contributed by atoms with Crippen molar-refractivity contribution in [3.05, 3.63) is 57.8 Å². The van der Waals surface area contributed by atoms with E-state index in [1.807, 2.05) is 0 Å². The van der Waals surface area contributed by atoms with E-state index in [1.54, 1.807) is 0 Å². The Morgan fingerprint density at radius 3 is 2.26 bits per heavy atom. The minimum absolute atomic E-state index is 0.111. The van der Waals surface area contributed by atoms with Crippen molar-refractivity contribution >= 4 is 44.8 Å². The van der Waals surface area contributed by atoms with Crippen LogP contribution < -0.4 is 5.32 Å². The average Bonchev–Trinajstić information content (AvgIpc) is 2.61. The lowest BCUT2D eigenvalue weighted by Crippen LogP contribution is -2.35. The van der Waals surface area contributed by atoms with Crippen LogP contribution in [0, 0.1) is 5.82 Å². The fourth-order valence-corrected chi connectivity index (χ4v) is 4.99. The fourth-order valence-electron chi connectivity index (χ4n) is 2.92. The zero-order chi connectivity index (χ0) is 19.6. The summed E-state index contributed by atoms with van der Waals surface area (Å²) < 4.78 is 41.1. The Morgan fingerprint density at radius 2 is 1.63 bits per heavy atom. The number of hydrogen-bond donors (Lipinski definition) is 1. The van der Waals surface area contributed by atoms with E-state index in [0.29, 0.717) is 23.1 Å². The molecule has 0 bridgehead atoms. The molecule has 1 fully saturated rings. The Balaban J connectivity index is 1.89. The quantitative estimate of drug-likeness (QED) is 0.772. The lowest BCUT2D eigenvalue weighted by atomic mass is 10.2. The molecule has 27 heavy (non-hydrogen) atoms. The molecule has 2 aromatic rings. The summed E-state index contributed by atoms with van der Waals surface area (Å²) in [7, 11) is -3.78. The number of piperidine rings is 1. The smallest absolute Gasteiger partial charge is 0.258 e. The molecule has 1 heterocycles. The third-order valence-corrected chi connectivity index (χ3v) is 6.59. The average molecular weight is 431 g/mol. The summed E-state index contributed by atoms with van der Waals surface area (Å²) in [5, 5.41) is 3.09. The van der Waals surface area contributed by atoms with E-state index in [4.69, 9.17) is 23.2 Å². The molecule has 144 valence electrons. The van der Waals surface area contributed by atoms with Crippen LogP contribution in [0.3, 0.4) is 0 Å². The standard InChI is InChI=1S/C18H17Cl2FN2O3S/c19-12-8-13(20)10-14(9-12)22-18(24)16-11-15(4-5-17(16)21)27(25,26)23-6-2-1-3-7-23/h4-5,8-11H,1-3,6-7H2,(H,22,24). The number of benzene rings is 2. The highest BCUT2D eigenvalue weighted by molar-refractivity contribution is 7.89. The van der Waals surface area contributed by atoms with Crippen LogP contribution in [0.1, 0.15) is 29.6 Å². The Hall–Kier alpha value is -1.67. The number of nitrogens with zero attached hydrogens (tertiary/aromatic N) is 1. The predicted octanol–water partition coefficient (Wildman–Crippen LogP) is 4.56. The van der Waals surface area contributed by atoms with Gasteiger partial charge in [-0.05, 0) is 49.2 Å². The second kappa shape index (κ2) is 8.14. The van der Waals surface area contributed by atoms with Crippen molar-refractivity contribution in [2.75, 3.05) is 18.4 Å². The van der Waals surface area contributed by atoms with Gasteiger partial charge < -0.3 is 5.32 Å². The van der Waals surface area contributed by atoms with Gasteiger partial charge in [0.25, 0.3) is 5.91 Å². The zero-order valence-electron chi connectivity index (χ0n) is 14.2. The van der Waals surface area contributed by atoms with Crippen molar-refractivity contribution in [1.82, 2.24) is 4.31 Å². The lowest BCUT2D eigenvalue weighted by Gasteiger charge is -2.26. The number of nitrogens with one attached hydrogen (secondary N) is 1. The largest absolute Gasteiger partial charge is 0.322 e. The molecule has 1 N–H and O–H groups in total. The van der Waals surface area contributed by atoms with Gasteiger partial charge in [0, 0.05) is 28.8 Å². The number of amides is 1. The number of carbonyl (C=O) groups is 1. The molecule has 1 amide bonds. The first kappa shape index (κ1) is 20.1. The van der Waals surface area contributed by atoms with E-state index < -0.39 is 21.7 Å². The topological polar surface area (TPSA) is 66.5 Å². The maximum atomic E-state index is 14.2. The molecular weight excluding hydrogens is 414 g/mol. The third-order valence-electron chi connectivity index (χ3n) is 4.26. The number of hydrogen-bond acceptors (Lipinski definition) is 3. The van der Waals surface area contributed by atoms with Crippen LogP contribution in [0.15, 0.2) is 41.3 Å². The maximum absolute atomic E-state index is 14.2.